The van der Waals surface area contributed by atoms with Crippen LogP contribution in [0.15, 0.2) is 48.0 Å². The van der Waals surface area contributed by atoms with E-state index in [1.54, 1.807) is 12.1 Å². The Balaban J connectivity index is 1.76. The molecule has 0 saturated carbocycles. The monoisotopic (exact) mass is 395 g/mol. The first kappa shape index (κ1) is 22.4. The molecule has 0 spiro atoms. The molecule has 1 aromatic heterocycles. The normalized spacial score (nSPS) is 10.3. The van der Waals surface area contributed by atoms with E-state index in [1.807, 2.05) is 43.2 Å². The summed E-state index contributed by atoms with van der Waals surface area (Å²) in [4.78, 5) is 26.7. The van der Waals surface area contributed by atoms with Gasteiger partial charge >= 0.3 is 5.97 Å². The van der Waals surface area contributed by atoms with E-state index < -0.39 is 5.97 Å². The van der Waals surface area contributed by atoms with Crippen LogP contribution in [0.5, 0.6) is 5.75 Å². The molecule has 2 rings (SSSR count). The highest BCUT2D eigenvalue weighted by Gasteiger charge is 2.09. The molecule has 0 atom stereocenters. The molecule has 5 nitrogen and oxygen atoms in total. The lowest BCUT2D eigenvalue weighted by Crippen LogP contribution is -2.04. The lowest BCUT2D eigenvalue weighted by atomic mass is 10.1. The Morgan fingerprint density at radius 1 is 1.03 bits per heavy atom. The number of hydrogen-bond donors (Lipinski definition) is 0. The van der Waals surface area contributed by atoms with Crippen molar-refractivity contribution in [3.63, 3.8) is 0 Å². The Kier molecular flexibility index (Phi) is 9.67. The molecule has 0 amide bonds. The molecule has 1 heterocycles. The van der Waals surface area contributed by atoms with Crippen molar-refractivity contribution < 1.29 is 19.1 Å². The quantitative estimate of drug-likeness (QED) is 0.273. The molecule has 0 aliphatic heterocycles. The highest BCUT2D eigenvalue weighted by atomic mass is 16.5. The van der Waals surface area contributed by atoms with Crippen LogP contribution in [0.4, 0.5) is 0 Å². The zero-order chi connectivity index (χ0) is 20.9. The van der Waals surface area contributed by atoms with Gasteiger partial charge in [-0.05, 0) is 49.9 Å². The first-order valence-electron chi connectivity index (χ1n) is 10.2. The van der Waals surface area contributed by atoms with Gasteiger partial charge in [0.2, 0.25) is 0 Å². The fourth-order valence-corrected chi connectivity index (χ4v) is 3.02. The van der Waals surface area contributed by atoms with Gasteiger partial charge in [-0.15, -0.1) is 0 Å². The zero-order valence-electron chi connectivity index (χ0n) is 17.3. The first-order chi connectivity index (χ1) is 14.2. The van der Waals surface area contributed by atoms with Gasteiger partial charge in [0.05, 0.1) is 19.4 Å². The van der Waals surface area contributed by atoms with Crippen molar-refractivity contribution in [2.24, 2.45) is 0 Å². The van der Waals surface area contributed by atoms with Crippen molar-refractivity contribution in [1.82, 2.24) is 4.98 Å². The van der Waals surface area contributed by atoms with E-state index in [2.05, 4.69) is 4.98 Å². The van der Waals surface area contributed by atoms with Crippen LogP contribution < -0.4 is 4.74 Å². The largest absolute Gasteiger partial charge is 0.494 e. The maximum atomic E-state index is 11.7. The topological polar surface area (TPSA) is 65.5 Å². The molecule has 0 fully saturated rings. The average Bonchev–Trinajstić information content (AvgIpc) is 2.78. The Hall–Kier alpha value is -2.91. The van der Waals surface area contributed by atoms with Crippen molar-refractivity contribution in [1.29, 1.82) is 0 Å². The highest BCUT2D eigenvalue weighted by molar-refractivity contribution is 5.87. The van der Waals surface area contributed by atoms with Gasteiger partial charge in [0, 0.05) is 11.1 Å². The van der Waals surface area contributed by atoms with Gasteiger partial charge in [-0.1, -0.05) is 44.4 Å². The van der Waals surface area contributed by atoms with Gasteiger partial charge in [-0.3, -0.25) is 0 Å². The molecule has 0 aliphatic rings. The van der Waals surface area contributed by atoms with Crippen LogP contribution in [-0.4, -0.2) is 30.6 Å². The number of aromatic nitrogens is 1. The van der Waals surface area contributed by atoms with E-state index in [0.29, 0.717) is 12.3 Å². The first-order valence-corrected chi connectivity index (χ1v) is 10.2. The molecular formula is C24H29NO4. The number of carbonyl (C=O) groups is 1. The van der Waals surface area contributed by atoms with Crippen LogP contribution in [0.3, 0.4) is 0 Å². The average molecular weight is 395 g/mol. The van der Waals surface area contributed by atoms with Crippen LogP contribution >= 0.6 is 0 Å². The van der Waals surface area contributed by atoms with Gasteiger partial charge in [0.25, 0.3) is 0 Å². The lowest BCUT2D eigenvalue weighted by molar-refractivity contribution is 0.0594. The smallest absolute Gasteiger partial charge is 0.356 e. The minimum atomic E-state index is -0.452. The van der Waals surface area contributed by atoms with Gasteiger partial charge < -0.3 is 9.47 Å². The Labute approximate surface area is 172 Å². The zero-order valence-corrected chi connectivity index (χ0v) is 17.3. The summed E-state index contributed by atoms with van der Waals surface area (Å²) in [7, 11) is 1.34. The molecule has 1 aromatic carbocycles. The van der Waals surface area contributed by atoms with Crippen molar-refractivity contribution in [2.45, 2.75) is 51.9 Å². The number of methoxy groups -OCH3 is 1. The van der Waals surface area contributed by atoms with Gasteiger partial charge in [-0.25, -0.2) is 14.6 Å². The Morgan fingerprint density at radius 3 is 2.55 bits per heavy atom. The lowest BCUT2D eigenvalue weighted by Gasteiger charge is -2.09. The predicted molar refractivity (Wildman–Crippen MR) is 114 cm³/mol. The minimum Gasteiger partial charge on any atom is -0.494 e. The van der Waals surface area contributed by atoms with Crippen LogP contribution in [0.2, 0.25) is 0 Å². The number of esters is 1. The molecule has 2 aromatic rings. The standard InChI is InChI=1S/C24H29NO4/c1-3-19(18-26)11-7-5-4-6-8-16-29-21-13-9-12-20(17-21)22-14-10-15-23(25-22)24(27)28-2/h9-10,12-15,17H,3-8,11,16H2,1-2H3. The Morgan fingerprint density at radius 2 is 1.79 bits per heavy atom. The van der Waals surface area contributed by atoms with E-state index in [9.17, 15) is 9.59 Å². The fraction of sp³-hybridized carbons (Fsp3) is 0.417. The minimum absolute atomic E-state index is 0.283. The van der Waals surface area contributed by atoms with Crippen LogP contribution in [0.1, 0.15) is 62.4 Å². The molecule has 0 unspecified atom stereocenters. The van der Waals surface area contributed by atoms with Crippen molar-refractivity contribution in [3.05, 3.63) is 53.7 Å². The molecule has 0 N–H and O–H groups in total. The maximum absolute atomic E-state index is 11.7. The maximum Gasteiger partial charge on any atom is 0.356 e. The summed E-state index contributed by atoms with van der Waals surface area (Å²) >= 11 is 0. The van der Waals surface area contributed by atoms with Gasteiger partial charge in [0.15, 0.2) is 0 Å². The van der Waals surface area contributed by atoms with E-state index in [4.69, 9.17) is 9.47 Å². The van der Waals surface area contributed by atoms with Crippen LogP contribution in [-0.2, 0) is 9.53 Å². The summed E-state index contributed by atoms with van der Waals surface area (Å²) < 4.78 is 10.6. The van der Waals surface area contributed by atoms with E-state index in [1.165, 1.54) is 7.11 Å². The van der Waals surface area contributed by atoms with Crippen molar-refractivity contribution in [2.75, 3.05) is 13.7 Å². The second-order valence-corrected chi connectivity index (χ2v) is 6.85. The number of pyridine rings is 1. The van der Waals surface area contributed by atoms with E-state index in [0.717, 1.165) is 61.8 Å². The number of allylic oxidation sites excluding steroid dienone is 1. The number of benzene rings is 1. The summed E-state index contributed by atoms with van der Waals surface area (Å²) in [6.07, 6.45) is 7.10. The third-order valence-electron chi connectivity index (χ3n) is 4.74. The molecule has 0 radical (unpaired) electrons. The fourth-order valence-electron chi connectivity index (χ4n) is 3.02. The van der Waals surface area contributed by atoms with Crippen LogP contribution in [0.25, 0.3) is 11.3 Å². The molecule has 29 heavy (non-hydrogen) atoms. The molecule has 0 bridgehead atoms. The third kappa shape index (κ3) is 7.55. The number of unbranched alkanes of at least 4 members (excludes halogenated alkanes) is 4. The van der Waals surface area contributed by atoms with E-state index >= 15 is 0 Å². The van der Waals surface area contributed by atoms with Crippen LogP contribution in [0, 0.1) is 0 Å². The Bertz CT molecular complexity index is 840. The van der Waals surface area contributed by atoms with E-state index in [-0.39, 0.29) is 5.69 Å². The van der Waals surface area contributed by atoms with Crippen molar-refractivity contribution >= 4 is 11.9 Å². The van der Waals surface area contributed by atoms with Gasteiger partial charge in [0.1, 0.15) is 17.4 Å². The molecule has 5 heteroatoms. The number of ether oxygens (including phenoxy) is 2. The SMILES string of the molecule is CCC(=C=O)CCCCCCCOc1cccc(-c2cccc(C(=O)OC)n2)c1. The number of hydrogen-bond acceptors (Lipinski definition) is 5. The number of rotatable bonds is 12. The molecule has 0 aliphatic carbocycles. The summed E-state index contributed by atoms with van der Waals surface area (Å²) in [6, 6.07) is 13.0. The molecule has 154 valence electrons. The molecular weight excluding hydrogens is 366 g/mol. The summed E-state index contributed by atoms with van der Waals surface area (Å²) in [5.41, 5.74) is 2.77. The summed E-state index contributed by atoms with van der Waals surface area (Å²) in [5.74, 6) is 2.37. The second kappa shape index (κ2) is 12.5. The predicted octanol–water partition coefficient (Wildman–Crippen LogP) is 5.42. The number of carbonyl (C=O) groups excluding carboxylic acids is 2. The summed E-state index contributed by atoms with van der Waals surface area (Å²) in [5, 5.41) is 0. The number of nitrogens with zero attached hydrogens (tertiary/aromatic N) is 1. The third-order valence-corrected chi connectivity index (χ3v) is 4.74. The molecule has 0 saturated heterocycles. The second-order valence-electron chi connectivity index (χ2n) is 6.85. The van der Waals surface area contributed by atoms with Crippen molar-refractivity contribution in [3.8, 4) is 17.0 Å². The highest BCUT2D eigenvalue weighted by Crippen LogP contribution is 2.23. The summed E-state index contributed by atoms with van der Waals surface area (Å²) in [6.45, 7) is 2.66. The van der Waals surface area contributed by atoms with Gasteiger partial charge in [-0.2, -0.15) is 0 Å².